The molecule has 1 saturated heterocycles. The zero-order valence-electron chi connectivity index (χ0n) is 21.1. The van der Waals surface area contributed by atoms with Gasteiger partial charge in [0, 0.05) is 48.1 Å². The number of amides is 2. The first-order valence-electron chi connectivity index (χ1n) is 11.9. The highest BCUT2D eigenvalue weighted by Gasteiger charge is 2.32. The predicted octanol–water partition coefficient (Wildman–Crippen LogP) is 4.16. The number of hydrogen-bond acceptors (Lipinski definition) is 8. The second kappa shape index (κ2) is 12.6. The first-order chi connectivity index (χ1) is 18.7. The van der Waals surface area contributed by atoms with Gasteiger partial charge < -0.3 is 30.1 Å². The van der Waals surface area contributed by atoms with Crippen LogP contribution in [0.3, 0.4) is 0 Å². The molecule has 1 aromatic heterocycles. The zero-order chi connectivity index (χ0) is 28.1. The molecular weight excluding hydrogens is 551 g/mol. The summed E-state index contributed by atoms with van der Waals surface area (Å²) in [5.41, 5.74) is 6.94. The minimum atomic E-state index is -0.996. The van der Waals surface area contributed by atoms with Crippen LogP contribution in [0, 0.1) is 5.82 Å². The third kappa shape index (κ3) is 6.59. The van der Waals surface area contributed by atoms with Crippen LogP contribution >= 0.6 is 23.2 Å². The summed E-state index contributed by atoms with van der Waals surface area (Å²) in [7, 11) is 1.44. The number of ether oxygens (including phenoxy) is 2. The second-order valence-electron chi connectivity index (χ2n) is 8.65. The van der Waals surface area contributed by atoms with Gasteiger partial charge in [0.25, 0.3) is 11.8 Å². The summed E-state index contributed by atoms with van der Waals surface area (Å²) in [4.78, 5) is 27.3. The van der Waals surface area contributed by atoms with Crippen molar-refractivity contribution in [2.24, 2.45) is 0 Å². The zero-order valence-corrected chi connectivity index (χ0v) is 22.6. The summed E-state index contributed by atoms with van der Waals surface area (Å²) >= 11 is 12.5. The maximum absolute atomic E-state index is 14.2. The summed E-state index contributed by atoms with van der Waals surface area (Å²) in [5.74, 6) is -1.52. The van der Waals surface area contributed by atoms with Crippen LogP contribution in [0.2, 0.25) is 16.9 Å². The van der Waals surface area contributed by atoms with Gasteiger partial charge >= 0.3 is 6.92 Å². The Hall–Kier alpha value is -3.45. The van der Waals surface area contributed by atoms with E-state index >= 15 is 0 Å². The van der Waals surface area contributed by atoms with Gasteiger partial charge in [-0.05, 0) is 36.4 Å². The highest BCUT2D eigenvalue weighted by atomic mass is 35.5. The molecule has 0 saturated carbocycles. The Kier molecular flexibility index (Phi) is 9.23. The van der Waals surface area contributed by atoms with Crippen LogP contribution in [0.4, 0.5) is 15.9 Å². The first-order valence-corrected chi connectivity index (χ1v) is 12.7. The quantitative estimate of drug-likeness (QED) is 0.303. The minimum absolute atomic E-state index is 0.00750. The van der Waals surface area contributed by atoms with Gasteiger partial charge in [0.1, 0.15) is 11.8 Å². The molecule has 3 N–H and O–H groups in total. The van der Waals surface area contributed by atoms with Gasteiger partial charge in [-0.3, -0.25) is 9.59 Å². The van der Waals surface area contributed by atoms with Crippen molar-refractivity contribution >= 4 is 53.4 Å². The number of carbonyl (C=O) groups is 2. The topological polar surface area (TPSA) is 129 Å². The van der Waals surface area contributed by atoms with Gasteiger partial charge in [-0.15, -0.1) is 10.2 Å². The van der Waals surface area contributed by atoms with E-state index in [1.54, 1.807) is 36.0 Å². The fraction of sp³-hybridized carbons (Fsp3) is 0.280. The number of anilines is 2. The Labute approximate surface area is 234 Å². The molecule has 1 fully saturated rings. The van der Waals surface area contributed by atoms with E-state index in [4.69, 9.17) is 43.1 Å². The number of nitrogen functional groups attached to an aromatic ring is 1. The van der Waals surface area contributed by atoms with Crippen LogP contribution in [-0.4, -0.2) is 67.2 Å². The Morgan fingerprint density at radius 2 is 1.85 bits per heavy atom. The lowest BCUT2D eigenvalue weighted by Gasteiger charge is -2.26. The van der Waals surface area contributed by atoms with E-state index in [0.29, 0.717) is 37.6 Å². The lowest BCUT2D eigenvalue weighted by molar-refractivity contribution is 0.0303. The summed E-state index contributed by atoms with van der Waals surface area (Å²) in [6.45, 7) is 3.08. The smallest absolute Gasteiger partial charge is 0.338 e. The Bertz CT molecular complexity index is 1360. The number of nitrogens with one attached hydrogen (secondary N) is 1. The lowest BCUT2D eigenvalue weighted by Crippen LogP contribution is -2.40. The molecule has 2 heterocycles. The average molecular weight is 576 g/mol. The largest absolute Gasteiger partial charge is 0.487 e. The summed E-state index contributed by atoms with van der Waals surface area (Å²) in [6, 6.07) is 9.26. The summed E-state index contributed by atoms with van der Waals surface area (Å²) in [5, 5.41) is 10.3. The molecule has 3 aromatic rings. The lowest BCUT2D eigenvalue weighted by atomic mass is 9.62. The van der Waals surface area contributed by atoms with Gasteiger partial charge in [0.2, 0.25) is 0 Å². The molecule has 0 aliphatic carbocycles. The molecule has 10 nitrogen and oxygen atoms in total. The highest BCUT2D eigenvalue weighted by molar-refractivity contribution is 6.52. The van der Waals surface area contributed by atoms with Gasteiger partial charge in [0.05, 0.1) is 18.2 Å². The molecule has 1 aliphatic heterocycles. The number of morpholine rings is 1. The fourth-order valence-electron chi connectivity index (χ4n) is 3.88. The van der Waals surface area contributed by atoms with Crippen molar-refractivity contribution in [1.82, 2.24) is 15.1 Å². The van der Waals surface area contributed by atoms with Crippen LogP contribution in [0.5, 0.6) is 5.75 Å². The normalized spacial score (nSPS) is 14.0. The van der Waals surface area contributed by atoms with Gasteiger partial charge in [-0.2, -0.15) is 0 Å². The van der Waals surface area contributed by atoms with Crippen molar-refractivity contribution in [1.29, 1.82) is 0 Å². The monoisotopic (exact) mass is 575 g/mol. The molecule has 0 radical (unpaired) electrons. The number of halogens is 3. The second-order valence-corrected chi connectivity index (χ2v) is 9.44. The number of benzene rings is 2. The van der Waals surface area contributed by atoms with Crippen LogP contribution in [0.1, 0.15) is 32.4 Å². The Balaban J connectivity index is 1.52. The van der Waals surface area contributed by atoms with Crippen molar-refractivity contribution < 1.29 is 28.1 Å². The minimum Gasteiger partial charge on any atom is -0.487 e. The molecule has 2 aromatic carbocycles. The van der Waals surface area contributed by atoms with Crippen LogP contribution in [0.15, 0.2) is 42.5 Å². The maximum atomic E-state index is 14.2. The average Bonchev–Trinajstić information content (AvgIpc) is 2.95. The number of carbonyl (C=O) groups excluding carboxylic acids is 2. The Morgan fingerprint density at radius 3 is 2.51 bits per heavy atom. The maximum Gasteiger partial charge on any atom is 0.338 e. The van der Waals surface area contributed by atoms with Gasteiger partial charge in [-0.25, -0.2) is 4.39 Å². The molecular formula is C25H25BCl2FN5O5. The molecule has 1 aliphatic rings. The van der Waals surface area contributed by atoms with Crippen LogP contribution < -0.4 is 15.8 Å². The SMILES string of the molecule is COB(C)C(Oc1cc(C(=O)Nc2ccc(C(=O)N3CCOCC3)cc2)nnc1N)c1c(Cl)ccc(F)c1Cl. The van der Waals surface area contributed by atoms with E-state index in [0.717, 1.165) is 6.07 Å². The van der Waals surface area contributed by atoms with Crippen molar-refractivity contribution in [2.45, 2.75) is 12.8 Å². The van der Waals surface area contributed by atoms with Gasteiger partial charge in [0.15, 0.2) is 17.3 Å². The van der Waals surface area contributed by atoms with Crippen LogP contribution in [-0.2, 0) is 9.39 Å². The number of nitrogens with zero attached hydrogens (tertiary/aromatic N) is 3. The third-order valence-electron chi connectivity index (χ3n) is 6.12. The third-order valence-corrected chi connectivity index (χ3v) is 6.84. The molecule has 0 spiro atoms. The molecule has 2 amide bonds. The molecule has 1 atom stereocenters. The van der Waals surface area contributed by atoms with E-state index in [2.05, 4.69) is 15.5 Å². The highest BCUT2D eigenvalue weighted by Crippen LogP contribution is 2.37. The molecule has 39 heavy (non-hydrogen) atoms. The number of aromatic nitrogens is 2. The number of nitrogens with two attached hydrogens (primary N) is 1. The molecule has 4 rings (SSSR count). The number of rotatable bonds is 8. The first kappa shape index (κ1) is 28.6. The molecule has 204 valence electrons. The van der Waals surface area contributed by atoms with Crippen molar-refractivity contribution in [3.63, 3.8) is 0 Å². The number of hydrogen-bond donors (Lipinski definition) is 2. The fourth-order valence-corrected chi connectivity index (χ4v) is 4.47. The molecule has 0 bridgehead atoms. The van der Waals surface area contributed by atoms with E-state index in [1.165, 1.54) is 19.2 Å². The van der Waals surface area contributed by atoms with E-state index in [-0.39, 0.29) is 38.8 Å². The summed E-state index contributed by atoms with van der Waals surface area (Å²) < 4.78 is 30.9. The Morgan fingerprint density at radius 1 is 1.15 bits per heavy atom. The molecule has 1 unspecified atom stereocenters. The standard InChI is InChI=1S/C25H25BCl2FN5O5/c1-26(37-2)22(20-16(27)7-8-17(29)21(20)28)39-19-13-18(32-33-23(19)30)24(35)31-15-5-3-14(4-6-15)25(36)34-9-11-38-12-10-34/h3-8,13,22H,9-12H2,1-2H3,(H2,30,33)(H,31,35). The predicted molar refractivity (Wildman–Crippen MR) is 146 cm³/mol. The molecule has 14 heteroatoms. The van der Waals surface area contributed by atoms with Crippen molar-refractivity contribution in [3.05, 3.63) is 75.1 Å². The van der Waals surface area contributed by atoms with E-state index in [9.17, 15) is 14.0 Å². The van der Waals surface area contributed by atoms with Crippen molar-refractivity contribution in [2.75, 3.05) is 44.5 Å². The van der Waals surface area contributed by atoms with Crippen LogP contribution in [0.25, 0.3) is 0 Å². The summed E-state index contributed by atoms with van der Waals surface area (Å²) in [6.07, 6.45) is 0. The van der Waals surface area contributed by atoms with Gasteiger partial charge in [-0.1, -0.05) is 30.0 Å². The van der Waals surface area contributed by atoms with E-state index < -0.39 is 24.6 Å². The van der Waals surface area contributed by atoms with E-state index in [1.807, 2.05) is 0 Å². The van der Waals surface area contributed by atoms with Crippen molar-refractivity contribution in [3.8, 4) is 5.75 Å².